The van der Waals surface area contributed by atoms with Crippen LogP contribution in [0.1, 0.15) is 47.5 Å². The molecule has 0 aromatic heterocycles. The van der Waals surface area contributed by atoms with E-state index in [1.54, 1.807) is 4.90 Å². The summed E-state index contributed by atoms with van der Waals surface area (Å²) in [5, 5.41) is 3.18. The summed E-state index contributed by atoms with van der Waals surface area (Å²) in [4.78, 5) is 27.5. The minimum absolute atomic E-state index is 0.00240. The van der Waals surface area contributed by atoms with Gasteiger partial charge in [-0.25, -0.2) is 0 Å². The molecule has 4 rings (SSSR count). The summed E-state index contributed by atoms with van der Waals surface area (Å²) >= 11 is 0. The first-order valence-corrected chi connectivity index (χ1v) is 9.45. The van der Waals surface area contributed by atoms with Crippen LogP contribution < -0.4 is 5.32 Å². The second kappa shape index (κ2) is 7.32. The average Bonchev–Trinajstić information content (AvgIpc) is 3.48. The van der Waals surface area contributed by atoms with Gasteiger partial charge in [-0.2, -0.15) is 0 Å². The van der Waals surface area contributed by atoms with Gasteiger partial charge in [0, 0.05) is 24.1 Å². The number of nitrogens with one attached hydrogen (secondary N) is 1. The lowest BCUT2D eigenvalue weighted by atomic mass is 10.00. The number of piperidine rings is 1. The monoisotopic (exact) mass is 348 g/mol. The summed E-state index contributed by atoms with van der Waals surface area (Å²) in [6.45, 7) is 0.651. The van der Waals surface area contributed by atoms with Crippen molar-refractivity contribution in [2.45, 2.75) is 43.7 Å². The molecule has 4 nitrogen and oxygen atoms in total. The molecule has 0 radical (unpaired) electrons. The molecule has 3 atom stereocenters. The number of benzene rings is 2. The number of carbonyl (C=O) groups is 2. The molecule has 0 spiro atoms. The fourth-order valence-corrected chi connectivity index (χ4v) is 3.90. The Hall–Kier alpha value is -2.62. The Balaban J connectivity index is 1.42. The van der Waals surface area contributed by atoms with Gasteiger partial charge in [-0.15, -0.1) is 0 Å². The number of amides is 2. The molecule has 1 N–H and O–H groups in total. The largest absolute Gasteiger partial charge is 0.351 e. The zero-order chi connectivity index (χ0) is 17.9. The second-order valence-electron chi connectivity index (χ2n) is 7.24. The third-order valence-corrected chi connectivity index (χ3v) is 5.43. The molecule has 1 aliphatic carbocycles. The van der Waals surface area contributed by atoms with E-state index in [0.29, 0.717) is 18.0 Å². The number of nitrogens with zero attached hydrogens (tertiary/aromatic N) is 1. The fraction of sp³-hybridized carbons (Fsp3) is 0.364. The van der Waals surface area contributed by atoms with Crippen LogP contribution in [0.5, 0.6) is 0 Å². The van der Waals surface area contributed by atoms with Gasteiger partial charge in [0.15, 0.2) is 0 Å². The van der Waals surface area contributed by atoms with Crippen LogP contribution >= 0.6 is 0 Å². The van der Waals surface area contributed by atoms with Crippen molar-refractivity contribution < 1.29 is 9.59 Å². The summed E-state index contributed by atoms with van der Waals surface area (Å²) < 4.78 is 0. The van der Waals surface area contributed by atoms with Crippen LogP contribution in [0.15, 0.2) is 60.7 Å². The summed E-state index contributed by atoms with van der Waals surface area (Å²) in [7, 11) is 0. The van der Waals surface area contributed by atoms with E-state index in [2.05, 4.69) is 17.4 Å². The summed E-state index contributed by atoms with van der Waals surface area (Å²) in [5.74, 6) is 0.361. The Morgan fingerprint density at radius 1 is 0.923 bits per heavy atom. The summed E-state index contributed by atoms with van der Waals surface area (Å²) in [5.41, 5.74) is 1.93. The Kier molecular flexibility index (Phi) is 4.74. The van der Waals surface area contributed by atoms with Gasteiger partial charge in [0.05, 0.1) is 0 Å². The lowest BCUT2D eigenvalue weighted by molar-refractivity contribution is -0.126. The van der Waals surface area contributed by atoms with Crippen LogP contribution in [0, 0.1) is 0 Å². The van der Waals surface area contributed by atoms with Crippen LogP contribution in [0.4, 0.5) is 0 Å². The second-order valence-corrected chi connectivity index (χ2v) is 7.24. The topological polar surface area (TPSA) is 49.4 Å². The van der Waals surface area contributed by atoms with Gasteiger partial charge in [-0.3, -0.25) is 9.59 Å². The standard InChI is InChI=1S/C22H24N2O2/c25-21(23-19-15-18(19)16-9-3-1-4-10-16)20-13-7-8-14-24(20)22(26)17-11-5-2-6-12-17/h1-6,9-12,18-20H,7-8,13-15H2,(H,23,25)/t18-,19+,20-/m0/s1. The number of rotatable bonds is 4. The maximum absolute atomic E-state index is 12.9. The number of likely N-dealkylation sites (tertiary alicyclic amines) is 1. The lowest BCUT2D eigenvalue weighted by Gasteiger charge is -2.35. The predicted molar refractivity (Wildman–Crippen MR) is 101 cm³/mol. The van der Waals surface area contributed by atoms with E-state index in [9.17, 15) is 9.59 Å². The van der Waals surface area contributed by atoms with Gasteiger partial charge in [-0.1, -0.05) is 48.5 Å². The molecule has 2 fully saturated rings. The molecule has 2 amide bonds. The fourth-order valence-electron chi connectivity index (χ4n) is 3.90. The van der Waals surface area contributed by atoms with Gasteiger partial charge in [0.1, 0.15) is 6.04 Å². The molecule has 1 heterocycles. The van der Waals surface area contributed by atoms with E-state index >= 15 is 0 Å². The Morgan fingerprint density at radius 3 is 2.35 bits per heavy atom. The van der Waals surface area contributed by atoms with E-state index in [4.69, 9.17) is 0 Å². The van der Waals surface area contributed by atoms with Gasteiger partial charge in [0.25, 0.3) is 5.91 Å². The van der Waals surface area contributed by atoms with Crippen molar-refractivity contribution in [2.24, 2.45) is 0 Å². The van der Waals surface area contributed by atoms with Crippen molar-refractivity contribution in [3.63, 3.8) is 0 Å². The average molecular weight is 348 g/mol. The molecule has 1 aliphatic heterocycles. The number of hydrogen-bond donors (Lipinski definition) is 1. The van der Waals surface area contributed by atoms with Gasteiger partial charge in [0.2, 0.25) is 5.91 Å². The van der Waals surface area contributed by atoms with Crippen LogP contribution in [0.25, 0.3) is 0 Å². The number of carbonyl (C=O) groups excluding carboxylic acids is 2. The first kappa shape index (κ1) is 16.8. The molecular formula is C22H24N2O2. The van der Waals surface area contributed by atoms with Crippen LogP contribution in [0.3, 0.4) is 0 Å². The van der Waals surface area contributed by atoms with Gasteiger partial charge in [-0.05, 0) is 43.4 Å². The number of hydrogen-bond acceptors (Lipinski definition) is 2. The third-order valence-electron chi connectivity index (χ3n) is 5.43. The molecule has 1 saturated carbocycles. The molecule has 134 valence electrons. The van der Waals surface area contributed by atoms with Gasteiger partial charge >= 0.3 is 0 Å². The van der Waals surface area contributed by atoms with Crippen LogP contribution in [-0.4, -0.2) is 35.3 Å². The Morgan fingerprint density at radius 2 is 1.62 bits per heavy atom. The van der Waals surface area contributed by atoms with E-state index in [-0.39, 0.29) is 23.9 Å². The smallest absolute Gasteiger partial charge is 0.254 e. The van der Waals surface area contributed by atoms with E-state index in [0.717, 1.165) is 25.7 Å². The highest BCUT2D eigenvalue weighted by Gasteiger charge is 2.42. The van der Waals surface area contributed by atoms with Crippen LogP contribution in [-0.2, 0) is 4.79 Å². The molecule has 4 heteroatoms. The highest BCUT2D eigenvalue weighted by atomic mass is 16.2. The molecule has 1 saturated heterocycles. The van der Waals surface area contributed by atoms with Crippen LogP contribution in [0.2, 0.25) is 0 Å². The summed E-state index contributed by atoms with van der Waals surface area (Å²) in [6.07, 6.45) is 3.67. The predicted octanol–water partition coefficient (Wildman–Crippen LogP) is 3.35. The van der Waals surface area contributed by atoms with Crippen molar-refractivity contribution in [3.8, 4) is 0 Å². The van der Waals surface area contributed by atoms with E-state index in [1.165, 1.54) is 5.56 Å². The molecule has 0 bridgehead atoms. The molecular weight excluding hydrogens is 324 g/mol. The normalized spacial score (nSPS) is 24.8. The van der Waals surface area contributed by atoms with E-state index < -0.39 is 0 Å². The van der Waals surface area contributed by atoms with Gasteiger partial charge < -0.3 is 10.2 Å². The molecule has 0 unspecified atom stereocenters. The van der Waals surface area contributed by atoms with Crippen molar-refractivity contribution in [1.29, 1.82) is 0 Å². The SMILES string of the molecule is O=C(N[C@@H]1C[C@H]1c1ccccc1)[C@@H]1CCCCN1C(=O)c1ccccc1. The third kappa shape index (κ3) is 3.50. The maximum Gasteiger partial charge on any atom is 0.254 e. The first-order chi connectivity index (χ1) is 12.7. The molecule has 2 aromatic carbocycles. The van der Waals surface area contributed by atoms with Crippen molar-refractivity contribution in [1.82, 2.24) is 10.2 Å². The minimum Gasteiger partial charge on any atom is -0.351 e. The Bertz CT molecular complexity index is 775. The highest BCUT2D eigenvalue weighted by molar-refractivity contribution is 5.97. The van der Waals surface area contributed by atoms with Crippen molar-refractivity contribution >= 4 is 11.8 Å². The molecule has 2 aliphatic rings. The van der Waals surface area contributed by atoms with E-state index in [1.807, 2.05) is 48.5 Å². The quantitative estimate of drug-likeness (QED) is 0.921. The lowest BCUT2D eigenvalue weighted by Crippen LogP contribution is -2.52. The minimum atomic E-state index is -0.353. The molecule has 26 heavy (non-hydrogen) atoms. The first-order valence-electron chi connectivity index (χ1n) is 9.45. The maximum atomic E-state index is 12.9. The Labute approximate surface area is 154 Å². The van der Waals surface area contributed by atoms with Crippen molar-refractivity contribution in [3.05, 3.63) is 71.8 Å². The summed E-state index contributed by atoms with van der Waals surface area (Å²) in [6, 6.07) is 19.4. The molecule has 2 aromatic rings. The zero-order valence-electron chi connectivity index (χ0n) is 14.8. The van der Waals surface area contributed by atoms with Crippen molar-refractivity contribution in [2.75, 3.05) is 6.54 Å². The zero-order valence-corrected chi connectivity index (χ0v) is 14.8. The highest BCUT2D eigenvalue weighted by Crippen LogP contribution is 2.40.